The lowest BCUT2D eigenvalue weighted by Gasteiger charge is -2.07. The SMILES string of the molecule is COc1c(C(=O)c2ccccc2)c(C)nn1-c1ccccc1. The zero-order valence-corrected chi connectivity index (χ0v) is 12.5. The molecule has 0 aliphatic rings. The van der Waals surface area contributed by atoms with Crippen molar-refractivity contribution in [3.05, 3.63) is 77.5 Å². The molecule has 0 radical (unpaired) electrons. The minimum atomic E-state index is -0.0860. The van der Waals surface area contributed by atoms with Gasteiger partial charge in [-0.3, -0.25) is 4.79 Å². The summed E-state index contributed by atoms with van der Waals surface area (Å²) in [6.45, 7) is 1.82. The van der Waals surface area contributed by atoms with E-state index in [2.05, 4.69) is 5.10 Å². The van der Waals surface area contributed by atoms with Gasteiger partial charge in [-0.2, -0.15) is 5.10 Å². The Hall–Kier alpha value is -2.88. The van der Waals surface area contributed by atoms with Crippen LogP contribution in [0.15, 0.2) is 60.7 Å². The van der Waals surface area contributed by atoms with Gasteiger partial charge in [0.2, 0.25) is 5.88 Å². The minimum absolute atomic E-state index is 0.0860. The lowest BCUT2D eigenvalue weighted by molar-refractivity contribution is 0.103. The second kappa shape index (κ2) is 5.85. The zero-order chi connectivity index (χ0) is 15.5. The molecule has 110 valence electrons. The molecule has 0 N–H and O–H groups in total. The van der Waals surface area contributed by atoms with E-state index in [0.29, 0.717) is 22.7 Å². The number of rotatable bonds is 4. The molecule has 0 spiro atoms. The first-order valence-corrected chi connectivity index (χ1v) is 7.01. The molecule has 0 amide bonds. The highest BCUT2D eigenvalue weighted by atomic mass is 16.5. The molecule has 0 aliphatic heterocycles. The maximum Gasteiger partial charge on any atom is 0.228 e. The topological polar surface area (TPSA) is 44.1 Å². The van der Waals surface area contributed by atoms with E-state index in [4.69, 9.17) is 4.74 Å². The number of benzene rings is 2. The molecule has 0 saturated carbocycles. The second-order valence-corrected chi connectivity index (χ2v) is 4.91. The van der Waals surface area contributed by atoms with Gasteiger partial charge < -0.3 is 4.74 Å². The van der Waals surface area contributed by atoms with Crippen molar-refractivity contribution in [1.29, 1.82) is 0 Å². The van der Waals surface area contributed by atoms with Gasteiger partial charge in [-0.15, -0.1) is 0 Å². The van der Waals surface area contributed by atoms with Crippen molar-refractivity contribution < 1.29 is 9.53 Å². The van der Waals surface area contributed by atoms with Crippen molar-refractivity contribution in [2.24, 2.45) is 0 Å². The molecule has 1 aromatic heterocycles. The Morgan fingerprint density at radius 1 is 1.00 bits per heavy atom. The van der Waals surface area contributed by atoms with Crippen molar-refractivity contribution >= 4 is 5.78 Å². The van der Waals surface area contributed by atoms with Gasteiger partial charge >= 0.3 is 0 Å². The predicted molar refractivity (Wildman–Crippen MR) is 84.7 cm³/mol. The van der Waals surface area contributed by atoms with E-state index in [9.17, 15) is 4.79 Å². The number of aryl methyl sites for hydroxylation is 1. The summed E-state index contributed by atoms with van der Waals surface area (Å²) in [5.74, 6) is 0.370. The van der Waals surface area contributed by atoms with Gasteiger partial charge in [0, 0.05) is 5.56 Å². The fraction of sp³-hybridized carbons (Fsp3) is 0.111. The average molecular weight is 292 g/mol. The van der Waals surface area contributed by atoms with Crippen LogP contribution in [0.1, 0.15) is 21.6 Å². The first-order chi connectivity index (χ1) is 10.7. The number of hydrogen-bond acceptors (Lipinski definition) is 3. The highest BCUT2D eigenvalue weighted by Crippen LogP contribution is 2.27. The van der Waals surface area contributed by atoms with Crippen LogP contribution in [0.25, 0.3) is 5.69 Å². The number of hydrogen-bond donors (Lipinski definition) is 0. The summed E-state index contributed by atoms with van der Waals surface area (Å²) in [6.07, 6.45) is 0. The summed E-state index contributed by atoms with van der Waals surface area (Å²) >= 11 is 0. The Morgan fingerprint density at radius 2 is 1.59 bits per heavy atom. The van der Waals surface area contributed by atoms with Crippen LogP contribution in [-0.4, -0.2) is 22.7 Å². The molecule has 22 heavy (non-hydrogen) atoms. The Labute approximate surface area is 129 Å². The summed E-state index contributed by atoms with van der Waals surface area (Å²) in [7, 11) is 1.55. The third-order valence-electron chi connectivity index (χ3n) is 3.48. The van der Waals surface area contributed by atoms with E-state index in [1.54, 1.807) is 23.9 Å². The molecular weight excluding hydrogens is 276 g/mol. The highest BCUT2D eigenvalue weighted by molar-refractivity contribution is 6.11. The molecular formula is C18H16N2O2. The predicted octanol–water partition coefficient (Wildman–Crippen LogP) is 3.42. The van der Waals surface area contributed by atoms with Gasteiger partial charge in [-0.25, -0.2) is 4.68 Å². The van der Waals surface area contributed by atoms with Gasteiger partial charge in [0.25, 0.3) is 0 Å². The molecule has 0 atom stereocenters. The molecule has 0 bridgehead atoms. The summed E-state index contributed by atoms with van der Waals surface area (Å²) in [5, 5.41) is 4.47. The summed E-state index contributed by atoms with van der Waals surface area (Å²) in [6, 6.07) is 18.8. The van der Waals surface area contributed by atoms with E-state index in [1.165, 1.54) is 0 Å². The maximum absolute atomic E-state index is 12.8. The molecule has 2 aromatic carbocycles. The van der Waals surface area contributed by atoms with Crippen LogP contribution in [0.3, 0.4) is 0 Å². The number of carbonyl (C=O) groups excluding carboxylic acids is 1. The van der Waals surface area contributed by atoms with E-state index in [1.807, 2.05) is 55.5 Å². The van der Waals surface area contributed by atoms with Crippen molar-refractivity contribution in [3.8, 4) is 11.6 Å². The molecule has 0 aliphatic carbocycles. The van der Waals surface area contributed by atoms with Crippen LogP contribution in [0.4, 0.5) is 0 Å². The van der Waals surface area contributed by atoms with Gasteiger partial charge in [0.15, 0.2) is 5.78 Å². The first-order valence-electron chi connectivity index (χ1n) is 7.01. The van der Waals surface area contributed by atoms with Crippen LogP contribution < -0.4 is 4.74 Å². The molecule has 3 aromatic rings. The lowest BCUT2D eigenvalue weighted by Crippen LogP contribution is -2.05. The smallest absolute Gasteiger partial charge is 0.228 e. The van der Waals surface area contributed by atoms with Crippen molar-refractivity contribution in [2.45, 2.75) is 6.92 Å². The largest absolute Gasteiger partial charge is 0.480 e. The maximum atomic E-state index is 12.8. The van der Waals surface area contributed by atoms with Crippen LogP contribution in [0, 0.1) is 6.92 Å². The van der Waals surface area contributed by atoms with Crippen molar-refractivity contribution in [2.75, 3.05) is 7.11 Å². The third kappa shape index (κ3) is 2.39. The van der Waals surface area contributed by atoms with E-state index >= 15 is 0 Å². The lowest BCUT2D eigenvalue weighted by atomic mass is 10.0. The van der Waals surface area contributed by atoms with Crippen LogP contribution in [0.5, 0.6) is 5.88 Å². The van der Waals surface area contributed by atoms with E-state index in [-0.39, 0.29) is 5.78 Å². The number of methoxy groups -OCH3 is 1. The van der Waals surface area contributed by atoms with Crippen molar-refractivity contribution in [1.82, 2.24) is 9.78 Å². The molecule has 0 unspecified atom stereocenters. The quantitative estimate of drug-likeness (QED) is 0.692. The summed E-state index contributed by atoms with van der Waals surface area (Å²) < 4.78 is 7.13. The molecule has 0 saturated heterocycles. The second-order valence-electron chi connectivity index (χ2n) is 4.91. The van der Waals surface area contributed by atoms with Gasteiger partial charge in [-0.1, -0.05) is 48.5 Å². The molecule has 3 rings (SSSR count). The normalized spacial score (nSPS) is 10.5. The first kappa shape index (κ1) is 14.1. The molecule has 4 nitrogen and oxygen atoms in total. The van der Waals surface area contributed by atoms with Gasteiger partial charge in [0.1, 0.15) is 5.56 Å². The number of nitrogens with zero attached hydrogens (tertiary/aromatic N) is 2. The third-order valence-corrected chi connectivity index (χ3v) is 3.48. The van der Waals surface area contributed by atoms with Gasteiger partial charge in [-0.05, 0) is 19.1 Å². The molecule has 4 heteroatoms. The van der Waals surface area contributed by atoms with E-state index < -0.39 is 0 Å². The number of carbonyl (C=O) groups is 1. The highest BCUT2D eigenvalue weighted by Gasteiger charge is 2.24. The van der Waals surface area contributed by atoms with Crippen LogP contribution in [-0.2, 0) is 0 Å². The average Bonchev–Trinajstić information content (AvgIpc) is 2.92. The monoisotopic (exact) mass is 292 g/mol. The number of aromatic nitrogens is 2. The van der Waals surface area contributed by atoms with Gasteiger partial charge in [0.05, 0.1) is 18.5 Å². The van der Waals surface area contributed by atoms with Crippen LogP contribution >= 0.6 is 0 Å². The standard InChI is InChI=1S/C18H16N2O2/c1-13-16(17(21)14-9-5-3-6-10-14)18(22-2)20(19-13)15-11-7-4-8-12-15/h3-12H,1-2H3. The Bertz CT molecular complexity index is 793. The molecule has 1 heterocycles. The fourth-order valence-corrected chi connectivity index (χ4v) is 2.43. The van der Waals surface area contributed by atoms with Crippen molar-refractivity contribution in [3.63, 3.8) is 0 Å². The molecule has 0 fully saturated rings. The zero-order valence-electron chi connectivity index (χ0n) is 12.5. The minimum Gasteiger partial charge on any atom is -0.480 e. The number of para-hydroxylation sites is 1. The Balaban J connectivity index is 2.13. The Kier molecular flexibility index (Phi) is 3.74. The summed E-state index contributed by atoms with van der Waals surface area (Å²) in [5.41, 5.74) is 2.62. The fourth-order valence-electron chi connectivity index (χ4n) is 2.43. The Morgan fingerprint density at radius 3 is 2.18 bits per heavy atom. The number of ether oxygens (including phenoxy) is 1. The van der Waals surface area contributed by atoms with Crippen LogP contribution in [0.2, 0.25) is 0 Å². The van der Waals surface area contributed by atoms with E-state index in [0.717, 1.165) is 5.69 Å². The number of ketones is 1. The summed E-state index contributed by atoms with van der Waals surface area (Å²) in [4.78, 5) is 12.8.